The van der Waals surface area contributed by atoms with Gasteiger partial charge in [-0.2, -0.15) is 0 Å². The average Bonchev–Trinajstić information content (AvgIpc) is 3.01. The first-order valence-electron chi connectivity index (χ1n) is 7.67. The molecule has 106 valence electrons. The number of para-hydroxylation sites is 1. The molecule has 4 heteroatoms. The maximum Gasteiger partial charge on any atom is 0.112 e. The van der Waals surface area contributed by atoms with Crippen molar-refractivity contribution in [1.82, 2.24) is 14.9 Å². The van der Waals surface area contributed by atoms with Gasteiger partial charge in [0.15, 0.2) is 0 Å². The maximum atomic E-state index is 4.50. The smallest absolute Gasteiger partial charge is 0.112 e. The summed E-state index contributed by atoms with van der Waals surface area (Å²) in [7, 11) is 2.26. The van der Waals surface area contributed by atoms with Crippen LogP contribution in [0, 0.1) is 11.8 Å². The maximum absolute atomic E-state index is 4.50. The molecule has 1 aromatic carbocycles. The minimum atomic E-state index is 0.892. The Morgan fingerprint density at radius 3 is 2.65 bits per heavy atom. The van der Waals surface area contributed by atoms with Crippen LogP contribution >= 0.6 is 0 Å². The van der Waals surface area contributed by atoms with Gasteiger partial charge in [0.25, 0.3) is 0 Å². The van der Waals surface area contributed by atoms with Crippen LogP contribution in [0.5, 0.6) is 0 Å². The first-order valence-corrected chi connectivity index (χ1v) is 7.67. The lowest BCUT2D eigenvalue weighted by atomic mass is 9.92. The molecule has 2 aromatic rings. The third kappa shape index (κ3) is 1.99. The second-order valence-electron chi connectivity index (χ2n) is 6.38. The molecule has 2 saturated heterocycles. The Hall–Kier alpha value is -1.55. The highest BCUT2D eigenvalue weighted by Gasteiger charge is 2.33. The summed E-state index contributed by atoms with van der Waals surface area (Å²) in [6, 6.07) is 6.46. The summed E-state index contributed by atoms with van der Waals surface area (Å²) in [6.45, 7) is 4.90. The van der Waals surface area contributed by atoms with E-state index in [9.17, 15) is 0 Å². The summed E-state index contributed by atoms with van der Waals surface area (Å²) < 4.78 is 0. The van der Waals surface area contributed by atoms with E-state index in [2.05, 4.69) is 45.0 Å². The topological polar surface area (TPSA) is 35.2 Å². The quantitative estimate of drug-likeness (QED) is 0.864. The first kappa shape index (κ1) is 12.2. The molecule has 0 bridgehead atoms. The molecule has 0 amide bonds. The molecule has 2 unspecified atom stereocenters. The second-order valence-corrected chi connectivity index (χ2v) is 6.38. The fraction of sp³-hybridized carbons (Fsp3) is 0.562. The zero-order chi connectivity index (χ0) is 13.5. The highest BCUT2D eigenvalue weighted by molar-refractivity contribution is 5.88. The van der Waals surface area contributed by atoms with E-state index in [0.29, 0.717) is 0 Å². The van der Waals surface area contributed by atoms with Gasteiger partial charge in [0.1, 0.15) is 5.52 Å². The summed E-state index contributed by atoms with van der Waals surface area (Å²) in [6.07, 6.45) is 4.43. The van der Waals surface area contributed by atoms with Crippen LogP contribution in [0.25, 0.3) is 11.0 Å². The van der Waals surface area contributed by atoms with Gasteiger partial charge in [0.05, 0.1) is 17.5 Å². The molecule has 3 heterocycles. The highest BCUT2D eigenvalue weighted by atomic mass is 15.2. The standard InChI is InChI=1S/C16H22N4/c1-19-9-12-5-7-20(8-6-13(12)10-19)15-4-2-3-14-16(15)18-11-17-14/h2-4,11-13H,5-10H2,1H3,(H,17,18). The summed E-state index contributed by atoms with van der Waals surface area (Å²) in [4.78, 5) is 12.8. The molecule has 4 rings (SSSR count). The van der Waals surface area contributed by atoms with Gasteiger partial charge in [0, 0.05) is 26.2 Å². The fourth-order valence-corrected chi connectivity index (χ4v) is 4.03. The molecule has 2 fully saturated rings. The van der Waals surface area contributed by atoms with Crippen molar-refractivity contribution in [2.45, 2.75) is 12.8 Å². The van der Waals surface area contributed by atoms with Gasteiger partial charge in [-0.25, -0.2) is 4.98 Å². The molecule has 0 radical (unpaired) electrons. The number of rotatable bonds is 1. The molecule has 0 saturated carbocycles. The van der Waals surface area contributed by atoms with Gasteiger partial charge in [0.2, 0.25) is 0 Å². The number of imidazole rings is 1. The number of aromatic nitrogens is 2. The predicted octanol–water partition coefficient (Wildman–Crippen LogP) is 2.34. The van der Waals surface area contributed by atoms with Crippen LogP contribution in [0.15, 0.2) is 24.5 Å². The van der Waals surface area contributed by atoms with Crippen LogP contribution in [0.3, 0.4) is 0 Å². The van der Waals surface area contributed by atoms with E-state index in [1.54, 1.807) is 6.33 Å². The van der Waals surface area contributed by atoms with Gasteiger partial charge in [-0.05, 0) is 43.9 Å². The number of likely N-dealkylation sites (tertiary alicyclic amines) is 1. The Kier molecular flexibility index (Phi) is 2.91. The molecule has 1 N–H and O–H groups in total. The van der Waals surface area contributed by atoms with E-state index < -0.39 is 0 Å². The van der Waals surface area contributed by atoms with Crippen LogP contribution in [-0.4, -0.2) is 48.1 Å². The van der Waals surface area contributed by atoms with E-state index >= 15 is 0 Å². The van der Waals surface area contributed by atoms with Gasteiger partial charge in [-0.15, -0.1) is 0 Å². The van der Waals surface area contributed by atoms with Crippen molar-refractivity contribution in [3.8, 4) is 0 Å². The molecule has 2 aliphatic rings. The number of nitrogens with zero attached hydrogens (tertiary/aromatic N) is 3. The number of H-pyrrole nitrogens is 1. The van der Waals surface area contributed by atoms with E-state index in [0.717, 1.165) is 22.9 Å². The minimum Gasteiger partial charge on any atom is -0.370 e. The van der Waals surface area contributed by atoms with Crippen LogP contribution in [-0.2, 0) is 0 Å². The molecule has 1 aromatic heterocycles. The average molecular weight is 270 g/mol. The number of fused-ring (bicyclic) bond motifs is 2. The number of hydrogen-bond acceptors (Lipinski definition) is 3. The number of anilines is 1. The Balaban J connectivity index is 1.59. The summed E-state index contributed by atoms with van der Waals surface area (Å²) in [5, 5.41) is 0. The van der Waals surface area contributed by atoms with Crippen molar-refractivity contribution in [3.05, 3.63) is 24.5 Å². The van der Waals surface area contributed by atoms with E-state index in [1.165, 1.54) is 44.7 Å². The van der Waals surface area contributed by atoms with Gasteiger partial charge < -0.3 is 14.8 Å². The lowest BCUT2D eigenvalue weighted by molar-refractivity contribution is 0.387. The highest BCUT2D eigenvalue weighted by Crippen LogP contribution is 2.33. The Morgan fingerprint density at radius 2 is 1.90 bits per heavy atom. The lowest BCUT2D eigenvalue weighted by Gasteiger charge is -2.24. The first-order chi connectivity index (χ1) is 9.81. The van der Waals surface area contributed by atoms with Crippen molar-refractivity contribution in [2.24, 2.45) is 11.8 Å². The molecule has 2 aliphatic heterocycles. The van der Waals surface area contributed by atoms with Gasteiger partial charge in [-0.1, -0.05) is 6.07 Å². The van der Waals surface area contributed by atoms with Crippen molar-refractivity contribution < 1.29 is 0 Å². The fourth-order valence-electron chi connectivity index (χ4n) is 4.03. The number of aromatic amines is 1. The van der Waals surface area contributed by atoms with E-state index in [-0.39, 0.29) is 0 Å². The number of benzene rings is 1. The Labute approximate surface area is 119 Å². The molecular weight excluding hydrogens is 248 g/mol. The van der Waals surface area contributed by atoms with E-state index in [4.69, 9.17) is 0 Å². The second kappa shape index (κ2) is 4.77. The monoisotopic (exact) mass is 270 g/mol. The molecule has 20 heavy (non-hydrogen) atoms. The van der Waals surface area contributed by atoms with Crippen LogP contribution in [0.2, 0.25) is 0 Å². The number of nitrogens with one attached hydrogen (secondary N) is 1. The minimum absolute atomic E-state index is 0.892. The Bertz CT molecular complexity index is 589. The normalized spacial score (nSPS) is 27.8. The lowest BCUT2D eigenvalue weighted by Crippen LogP contribution is -2.26. The largest absolute Gasteiger partial charge is 0.370 e. The molecule has 0 spiro atoms. The van der Waals surface area contributed by atoms with Gasteiger partial charge in [-0.3, -0.25) is 0 Å². The summed E-state index contributed by atoms with van der Waals surface area (Å²) in [5.74, 6) is 1.78. The van der Waals surface area contributed by atoms with Crippen LogP contribution in [0.4, 0.5) is 5.69 Å². The predicted molar refractivity (Wildman–Crippen MR) is 82.0 cm³/mol. The summed E-state index contributed by atoms with van der Waals surface area (Å²) in [5.41, 5.74) is 3.57. The van der Waals surface area contributed by atoms with Crippen molar-refractivity contribution in [1.29, 1.82) is 0 Å². The third-order valence-corrected chi connectivity index (χ3v) is 5.07. The zero-order valence-electron chi connectivity index (χ0n) is 12.0. The van der Waals surface area contributed by atoms with Crippen molar-refractivity contribution in [3.63, 3.8) is 0 Å². The van der Waals surface area contributed by atoms with Gasteiger partial charge >= 0.3 is 0 Å². The van der Waals surface area contributed by atoms with Crippen LogP contribution in [0.1, 0.15) is 12.8 Å². The molecular formula is C16H22N4. The molecule has 0 aliphatic carbocycles. The summed E-state index contributed by atoms with van der Waals surface area (Å²) >= 11 is 0. The molecule has 2 atom stereocenters. The van der Waals surface area contributed by atoms with Crippen molar-refractivity contribution >= 4 is 16.7 Å². The van der Waals surface area contributed by atoms with Crippen molar-refractivity contribution in [2.75, 3.05) is 38.1 Å². The Morgan fingerprint density at radius 1 is 1.15 bits per heavy atom. The van der Waals surface area contributed by atoms with E-state index in [1.807, 2.05) is 0 Å². The SMILES string of the molecule is CN1CC2CCN(c3cccc4[nH]cnc34)CCC2C1. The molecule has 4 nitrogen and oxygen atoms in total. The number of hydrogen-bond donors (Lipinski definition) is 1. The third-order valence-electron chi connectivity index (χ3n) is 5.07. The van der Waals surface area contributed by atoms with Crippen LogP contribution < -0.4 is 4.90 Å². The zero-order valence-corrected chi connectivity index (χ0v) is 12.0.